The number of amides is 3. The lowest BCUT2D eigenvalue weighted by Gasteiger charge is -2.16. The van der Waals surface area contributed by atoms with E-state index in [9.17, 15) is 14.4 Å². The van der Waals surface area contributed by atoms with Crippen LogP contribution in [0.3, 0.4) is 0 Å². The Morgan fingerprint density at radius 1 is 1.14 bits per heavy atom. The van der Waals surface area contributed by atoms with Crippen molar-refractivity contribution in [2.45, 2.75) is 13.3 Å². The molecule has 1 aliphatic heterocycles. The summed E-state index contributed by atoms with van der Waals surface area (Å²) in [6, 6.07) is 13.8. The highest BCUT2D eigenvalue weighted by Crippen LogP contribution is 2.26. The van der Waals surface area contributed by atoms with Crippen LogP contribution in [0.4, 0.5) is 11.4 Å². The van der Waals surface area contributed by atoms with Gasteiger partial charge in [0.05, 0.1) is 13.2 Å². The molecule has 1 heterocycles. The fourth-order valence-electron chi connectivity index (χ4n) is 3.10. The molecule has 0 aliphatic carbocycles. The molecule has 3 amide bonds. The summed E-state index contributed by atoms with van der Waals surface area (Å²) in [4.78, 5) is 38.6. The number of nitrogens with zero attached hydrogens (tertiary/aromatic N) is 1. The summed E-state index contributed by atoms with van der Waals surface area (Å²) in [5, 5.41) is 5.81. The lowest BCUT2D eigenvalue weighted by Crippen LogP contribution is -2.40. The van der Waals surface area contributed by atoms with Gasteiger partial charge in [0.15, 0.2) is 0 Å². The molecule has 29 heavy (non-hydrogen) atoms. The first kappa shape index (κ1) is 20.7. The second-order valence-electron chi connectivity index (χ2n) is 6.53. The van der Waals surface area contributed by atoms with E-state index in [1.807, 2.05) is 6.92 Å². The largest absolute Gasteiger partial charge is 0.494 e. The highest BCUT2D eigenvalue weighted by molar-refractivity contribution is 6.30. The molecule has 0 spiro atoms. The van der Waals surface area contributed by atoms with Crippen molar-refractivity contribution < 1.29 is 19.1 Å². The zero-order chi connectivity index (χ0) is 20.8. The van der Waals surface area contributed by atoms with E-state index in [1.54, 1.807) is 53.4 Å². The molecule has 8 heteroatoms. The average Bonchev–Trinajstić information content (AvgIpc) is 3.10. The summed E-state index contributed by atoms with van der Waals surface area (Å²) in [5.74, 6) is -1.19. The SMILES string of the molecule is CCOc1ccc(NC(=O)CNC(=O)C2CCN(c3ccc(Cl)cc3)C2=O)cc1. The molecular formula is C21H22ClN3O4. The Hall–Kier alpha value is -3.06. The van der Waals surface area contributed by atoms with Crippen LogP contribution in [0, 0.1) is 5.92 Å². The molecule has 0 radical (unpaired) electrons. The fraction of sp³-hybridized carbons (Fsp3) is 0.286. The fourth-order valence-corrected chi connectivity index (χ4v) is 3.22. The molecule has 2 aromatic rings. The van der Waals surface area contributed by atoms with Crippen LogP contribution in [0.25, 0.3) is 0 Å². The third kappa shape index (κ3) is 5.26. The lowest BCUT2D eigenvalue weighted by atomic mass is 10.1. The minimum absolute atomic E-state index is 0.212. The molecule has 0 bridgehead atoms. The Kier molecular flexibility index (Phi) is 6.72. The van der Waals surface area contributed by atoms with Crippen LogP contribution in [0.15, 0.2) is 48.5 Å². The van der Waals surface area contributed by atoms with Crippen LogP contribution in [0.1, 0.15) is 13.3 Å². The molecule has 1 aliphatic rings. The normalized spacial score (nSPS) is 15.9. The molecule has 152 valence electrons. The quantitative estimate of drug-likeness (QED) is 0.681. The van der Waals surface area contributed by atoms with E-state index in [-0.39, 0.29) is 18.4 Å². The van der Waals surface area contributed by atoms with Gasteiger partial charge in [0, 0.05) is 22.9 Å². The predicted molar refractivity (Wildman–Crippen MR) is 111 cm³/mol. The van der Waals surface area contributed by atoms with Crippen LogP contribution in [-0.4, -0.2) is 37.4 Å². The maximum Gasteiger partial charge on any atom is 0.243 e. The third-order valence-electron chi connectivity index (χ3n) is 4.53. The van der Waals surface area contributed by atoms with Crippen LogP contribution >= 0.6 is 11.6 Å². The number of benzene rings is 2. The summed E-state index contributed by atoms with van der Waals surface area (Å²) in [6.45, 7) is 2.68. The van der Waals surface area contributed by atoms with E-state index < -0.39 is 11.8 Å². The first-order valence-corrected chi connectivity index (χ1v) is 9.73. The first-order valence-electron chi connectivity index (χ1n) is 9.35. The van der Waals surface area contributed by atoms with Crippen LogP contribution in [0.2, 0.25) is 5.02 Å². The summed E-state index contributed by atoms with van der Waals surface area (Å²) in [5.41, 5.74) is 1.29. The minimum Gasteiger partial charge on any atom is -0.494 e. The van der Waals surface area contributed by atoms with Crippen molar-refractivity contribution in [1.82, 2.24) is 5.32 Å². The minimum atomic E-state index is -0.802. The summed E-state index contributed by atoms with van der Waals surface area (Å²) in [6.07, 6.45) is 0.397. The molecule has 0 saturated carbocycles. The zero-order valence-electron chi connectivity index (χ0n) is 16.0. The number of hydrogen-bond donors (Lipinski definition) is 2. The Labute approximate surface area is 174 Å². The van der Waals surface area contributed by atoms with Gasteiger partial charge in [-0.3, -0.25) is 14.4 Å². The Bertz CT molecular complexity index is 884. The zero-order valence-corrected chi connectivity index (χ0v) is 16.7. The van der Waals surface area contributed by atoms with Gasteiger partial charge in [-0.2, -0.15) is 0 Å². The Morgan fingerprint density at radius 2 is 1.83 bits per heavy atom. The monoisotopic (exact) mass is 415 g/mol. The van der Waals surface area contributed by atoms with Gasteiger partial charge in [-0.05, 0) is 61.9 Å². The van der Waals surface area contributed by atoms with Crippen LogP contribution in [0.5, 0.6) is 5.75 Å². The number of ether oxygens (including phenoxy) is 1. The maximum atomic E-state index is 12.6. The molecule has 1 unspecified atom stereocenters. The molecule has 1 saturated heterocycles. The highest BCUT2D eigenvalue weighted by atomic mass is 35.5. The molecular weight excluding hydrogens is 394 g/mol. The van der Waals surface area contributed by atoms with Crippen molar-refractivity contribution >= 4 is 40.7 Å². The maximum absolute atomic E-state index is 12.6. The van der Waals surface area contributed by atoms with Crippen molar-refractivity contribution in [1.29, 1.82) is 0 Å². The van der Waals surface area contributed by atoms with E-state index in [2.05, 4.69) is 10.6 Å². The summed E-state index contributed by atoms with van der Waals surface area (Å²) in [7, 11) is 0. The van der Waals surface area contributed by atoms with Crippen LogP contribution in [-0.2, 0) is 14.4 Å². The van der Waals surface area contributed by atoms with Crippen molar-refractivity contribution in [2.75, 3.05) is 29.9 Å². The summed E-state index contributed by atoms with van der Waals surface area (Å²) < 4.78 is 5.35. The first-order chi connectivity index (χ1) is 14.0. The smallest absolute Gasteiger partial charge is 0.243 e. The van der Waals surface area contributed by atoms with E-state index in [0.29, 0.717) is 41.7 Å². The van der Waals surface area contributed by atoms with Gasteiger partial charge in [-0.15, -0.1) is 0 Å². The molecule has 3 rings (SSSR count). The van der Waals surface area contributed by atoms with Gasteiger partial charge in [-0.1, -0.05) is 11.6 Å². The number of carbonyl (C=O) groups is 3. The van der Waals surface area contributed by atoms with Crippen LogP contribution < -0.4 is 20.3 Å². The van der Waals surface area contributed by atoms with E-state index in [1.165, 1.54) is 0 Å². The molecule has 2 aromatic carbocycles. The van der Waals surface area contributed by atoms with Crippen molar-refractivity contribution in [3.63, 3.8) is 0 Å². The average molecular weight is 416 g/mol. The van der Waals surface area contributed by atoms with Crippen molar-refractivity contribution in [3.05, 3.63) is 53.6 Å². The number of anilines is 2. The molecule has 0 aromatic heterocycles. The number of rotatable bonds is 7. The number of nitrogens with one attached hydrogen (secondary N) is 2. The van der Waals surface area contributed by atoms with E-state index >= 15 is 0 Å². The van der Waals surface area contributed by atoms with Gasteiger partial charge < -0.3 is 20.3 Å². The third-order valence-corrected chi connectivity index (χ3v) is 4.78. The summed E-state index contributed by atoms with van der Waals surface area (Å²) >= 11 is 5.87. The van der Waals surface area contributed by atoms with Gasteiger partial charge in [0.2, 0.25) is 17.7 Å². The van der Waals surface area contributed by atoms with Crippen molar-refractivity contribution in [2.24, 2.45) is 5.92 Å². The molecule has 1 fully saturated rings. The molecule has 1 atom stereocenters. The van der Waals surface area contributed by atoms with Crippen molar-refractivity contribution in [3.8, 4) is 5.75 Å². The Balaban J connectivity index is 1.49. The highest BCUT2D eigenvalue weighted by Gasteiger charge is 2.37. The second-order valence-corrected chi connectivity index (χ2v) is 6.97. The number of halogens is 1. The molecule has 2 N–H and O–H groups in total. The number of carbonyl (C=O) groups excluding carboxylic acids is 3. The number of hydrogen-bond acceptors (Lipinski definition) is 4. The van der Waals surface area contributed by atoms with Gasteiger partial charge in [0.25, 0.3) is 0 Å². The van der Waals surface area contributed by atoms with E-state index in [4.69, 9.17) is 16.3 Å². The lowest BCUT2D eigenvalue weighted by molar-refractivity contribution is -0.133. The predicted octanol–water partition coefficient (Wildman–Crippen LogP) is 2.85. The topological polar surface area (TPSA) is 87.7 Å². The second kappa shape index (κ2) is 9.43. The van der Waals surface area contributed by atoms with Gasteiger partial charge in [0.1, 0.15) is 11.7 Å². The van der Waals surface area contributed by atoms with Gasteiger partial charge in [-0.25, -0.2) is 0 Å². The Morgan fingerprint density at radius 3 is 2.48 bits per heavy atom. The molecule has 7 nitrogen and oxygen atoms in total. The van der Waals surface area contributed by atoms with E-state index in [0.717, 1.165) is 0 Å². The van der Waals surface area contributed by atoms with Gasteiger partial charge >= 0.3 is 0 Å². The standard InChI is InChI=1S/C21H22ClN3O4/c1-2-29-17-9-5-15(6-10-17)24-19(26)13-23-20(27)18-11-12-25(21(18)28)16-7-3-14(22)4-8-16/h3-10,18H,2,11-13H2,1H3,(H,23,27)(H,24,26).